The highest BCUT2D eigenvalue weighted by Crippen LogP contribution is 2.44. The summed E-state index contributed by atoms with van der Waals surface area (Å²) in [7, 11) is 0. The van der Waals surface area contributed by atoms with Crippen LogP contribution in [0.4, 0.5) is 4.79 Å². The van der Waals surface area contributed by atoms with Gasteiger partial charge in [-0.2, -0.15) is 0 Å². The SMILES string of the molecule is O=C(NCc1ccc(Br)cc1)OC1c2ccccc2-c2ccccc21. The van der Waals surface area contributed by atoms with Crippen molar-refractivity contribution in [3.8, 4) is 11.1 Å². The van der Waals surface area contributed by atoms with Gasteiger partial charge in [-0.25, -0.2) is 4.79 Å². The molecule has 3 nitrogen and oxygen atoms in total. The van der Waals surface area contributed by atoms with E-state index in [-0.39, 0.29) is 6.10 Å². The topological polar surface area (TPSA) is 38.3 Å². The smallest absolute Gasteiger partial charge is 0.408 e. The number of hydrogen-bond acceptors (Lipinski definition) is 2. The summed E-state index contributed by atoms with van der Waals surface area (Å²) in [6.07, 6.45) is -0.781. The second kappa shape index (κ2) is 6.73. The molecule has 3 aromatic carbocycles. The second-order valence-electron chi connectivity index (χ2n) is 5.94. The van der Waals surface area contributed by atoms with E-state index in [0.717, 1.165) is 32.3 Å². The van der Waals surface area contributed by atoms with Crippen LogP contribution in [0.25, 0.3) is 11.1 Å². The van der Waals surface area contributed by atoms with Crippen molar-refractivity contribution in [1.29, 1.82) is 0 Å². The van der Waals surface area contributed by atoms with Crippen LogP contribution < -0.4 is 5.32 Å². The van der Waals surface area contributed by atoms with Gasteiger partial charge in [-0.05, 0) is 28.8 Å². The first-order chi connectivity index (χ1) is 12.2. The standard InChI is InChI=1S/C21H16BrNO2/c22-15-11-9-14(10-12-15)13-23-21(24)25-20-18-7-3-1-5-16(18)17-6-2-4-8-19(17)20/h1-12,20H,13H2,(H,23,24). The number of carbonyl (C=O) groups is 1. The van der Waals surface area contributed by atoms with Gasteiger partial charge in [-0.1, -0.05) is 76.6 Å². The minimum absolute atomic E-state index is 0.364. The van der Waals surface area contributed by atoms with E-state index in [1.807, 2.05) is 60.7 Å². The van der Waals surface area contributed by atoms with Crippen LogP contribution in [-0.4, -0.2) is 6.09 Å². The zero-order valence-corrected chi connectivity index (χ0v) is 15.0. The van der Waals surface area contributed by atoms with E-state index in [2.05, 4.69) is 33.4 Å². The maximum absolute atomic E-state index is 12.3. The molecule has 0 saturated carbocycles. The van der Waals surface area contributed by atoms with Crippen LogP contribution >= 0.6 is 15.9 Å². The molecular weight excluding hydrogens is 378 g/mol. The Morgan fingerprint density at radius 3 is 2.04 bits per heavy atom. The molecule has 0 heterocycles. The number of alkyl carbamates (subject to hydrolysis) is 1. The Balaban J connectivity index is 1.50. The molecule has 1 N–H and O–H groups in total. The van der Waals surface area contributed by atoms with Crippen LogP contribution in [0.5, 0.6) is 0 Å². The van der Waals surface area contributed by atoms with Crippen molar-refractivity contribution >= 4 is 22.0 Å². The molecule has 0 radical (unpaired) electrons. The molecule has 0 unspecified atom stereocenters. The summed E-state index contributed by atoms with van der Waals surface area (Å²) in [4.78, 5) is 12.3. The molecule has 1 aliphatic rings. The molecule has 25 heavy (non-hydrogen) atoms. The predicted octanol–water partition coefficient (Wildman–Crippen LogP) is 5.45. The fourth-order valence-electron chi connectivity index (χ4n) is 3.16. The molecule has 4 heteroatoms. The average Bonchev–Trinajstić information content (AvgIpc) is 2.96. The molecule has 0 aliphatic heterocycles. The van der Waals surface area contributed by atoms with Crippen LogP contribution in [-0.2, 0) is 11.3 Å². The molecule has 0 spiro atoms. The van der Waals surface area contributed by atoms with Crippen molar-refractivity contribution in [3.63, 3.8) is 0 Å². The van der Waals surface area contributed by atoms with Crippen LogP contribution in [0.1, 0.15) is 22.8 Å². The van der Waals surface area contributed by atoms with E-state index < -0.39 is 6.09 Å². The van der Waals surface area contributed by atoms with Crippen LogP contribution in [0, 0.1) is 0 Å². The van der Waals surface area contributed by atoms with E-state index in [9.17, 15) is 4.79 Å². The summed E-state index contributed by atoms with van der Waals surface area (Å²) in [5.74, 6) is 0. The zero-order valence-electron chi connectivity index (χ0n) is 13.4. The fraction of sp³-hybridized carbons (Fsp3) is 0.0952. The normalized spacial score (nSPS) is 12.4. The third kappa shape index (κ3) is 3.17. The third-order valence-electron chi connectivity index (χ3n) is 4.35. The van der Waals surface area contributed by atoms with Gasteiger partial charge in [0, 0.05) is 22.1 Å². The molecule has 1 amide bonds. The minimum atomic E-state index is -0.417. The first-order valence-corrected chi connectivity index (χ1v) is 8.89. The molecule has 3 aromatic rings. The Kier molecular flexibility index (Phi) is 4.28. The van der Waals surface area contributed by atoms with Crippen molar-refractivity contribution in [2.75, 3.05) is 0 Å². The number of benzene rings is 3. The predicted molar refractivity (Wildman–Crippen MR) is 101 cm³/mol. The van der Waals surface area contributed by atoms with Crippen molar-refractivity contribution in [2.24, 2.45) is 0 Å². The Morgan fingerprint density at radius 1 is 0.880 bits per heavy atom. The molecule has 1 aliphatic carbocycles. The number of amides is 1. The van der Waals surface area contributed by atoms with E-state index in [0.29, 0.717) is 6.54 Å². The van der Waals surface area contributed by atoms with E-state index in [4.69, 9.17) is 4.74 Å². The summed E-state index contributed by atoms with van der Waals surface area (Å²) in [6, 6.07) is 23.9. The quantitative estimate of drug-likeness (QED) is 0.642. The molecule has 0 fully saturated rings. The lowest BCUT2D eigenvalue weighted by molar-refractivity contribution is 0.118. The molecular formula is C21H16BrNO2. The summed E-state index contributed by atoms with van der Waals surface area (Å²) >= 11 is 3.40. The van der Waals surface area contributed by atoms with Crippen molar-refractivity contribution in [2.45, 2.75) is 12.6 Å². The summed E-state index contributed by atoms with van der Waals surface area (Å²) in [5, 5.41) is 2.83. The van der Waals surface area contributed by atoms with Gasteiger partial charge < -0.3 is 10.1 Å². The Bertz CT molecular complexity index is 876. The maximum Gasteiger partial charge on any atom is 0.408 e. The Hall–Kier alpha value is -2.59. The number of fused-ring (bicyclic) bond motifs is 3. The van der Waals surface area contributed by atoms with Crippen LogP contribution in [0.15, 0.2) is 77.3 Å². The number of hydrogen-bond donors (Lipinski definition) is 1. The summed E-state index contributed by atoms with van der Waals surface area (Å²) < 4.78 is 6.76. The lowest BCUT2D eigenvalue weighted by atomic mass is 10.1. The first-order valence-electron chi connectivity index (χ1n) is 8.09. The third-order valence-corrected chi connectivity index (χ3v) is 4.88. The summed E-state index contributed by atoms with van der Waals surface area (Å²) in [5.41, 5.74) is 5.34. The number of halogens is 1. The lowest BCUT2D eigenvalue weighted by Gasteiger charge is -2.15. The molecule has 4 rings (SSSR count). The van der Waals surface area contributed by atoms with E-state index >= 15 is 0 Å². The number of ether oxygens (including phenoxy) is 1. The van der Waals surface area contributed by atoms with Gasteiger partial charge in [0.15, 0.2) is 6.10 Å². The number of carbonyl (C=O) groups excluding carboxylic acids is 1. The molecule has 0 saturated heterocycles. The van der Waals surface area contributed by atoms with Gasteiger partial charge in [-0.15, -0.1) is 0 Å². The second-order valence-corrected chi connectivity index (χ2v) is 6.86. The van der Waals surface area contributed by atoms with Crippen LogP contribution in [0.2, 0.25) is 0 Å². The van der Waals surface area contributed by atoms with Gasteiger partial charge in [0.25, 0.3) is 0 Å². The van der Waals surface area contributed by atoms with Gasteiger partial charge in [0.2, 0.25) is 0 Å². The minimum Gasteiger partial charge on any atom is -0.436 e. The molecule has 0 atom stereocenters. The zero-order chi connectivity index (χ0) is 17.2. The van der Waals surface area contributed by atoms with E-state index in [1.54, 1.807) is 0 Å². The van der Waals surface area contributed by atoms with Gasteiger partial charge >= 0.3 is 6.09 Å². The summed E-state index contributed by atoms with van der Waals surface area (Å²) in [6.45, 7) is 0.433. The first kappa shape index (κ1) is 15.9. The van der Waals surface area contributed by atoms with Gasteiger partial charge in [0.1, 0.15) is 0 Å². The number of nitrogens with one attached hydrogen (secondary N) is 1. The maximum atomic E-state index is 12.3. The van der Waals surface area contributed by atoms with Crippen molar-refractivity contribution < 1.29 is 9.53 Å². The average molecular weight is 394 g/mol. The molecule has 0 aromatic heterocycles. The van der Waals surface area contributed by atoms with Gasteiger partial charge in [-0.3, -0.25) is 0 Å². The fourth-order valence-corrected chi connectivity index (χ4v) is 3.43. The van der Waals surface area contributed by atoms with E-state index in [1.165, 1.54) is 0 Å². The number of rotatable bonds is 3. The van der Waals surface area contributed by atoms with Crippen LogP contribution in [0.3, 0.4) is 0 Å². The molecule has 0 bridgehead atoms. The molecule has 124 valence electrons. The van der Waals surface area contributed by atoms with Crippen molar-refractivity contribution in [1.82, 2.24) is 5.32 Å². The highest BCUT2D eigenvalue weighted by Gasteiger charge is 2.30. The highest BCUT2D eigenvalue weighted by atomic mass is 79.9. The van der Waals surface area contributed by atoms with Gasteiger partial charge in [0.05, 0.1) is 0 Å². The largest absolute Gasteiger partial charge is 0.436 e. The highest BCUT2D eigenvalue weighted by molar-refractivity contribution is 9.10. The van der Waals surface area contributed by atoms with Crippen molar-refractivity contribution in [3.05, 3.63) is 94.0 Å². The Morgan fingerprint density at radius 2 is 1.44 bits per heavy atom. The lowest BCUT2D eigenvalue weighted by Crippen LogP contribution is -2.25. The monoisotopic (exact) mass is 393 g/mol. The Labute approximate surface area is 154 Å².